The number of rotatable bonds is 9. The fourth-order valence-electron chi connectivity index (χ4n) is 4.34. The predicted molar refractivity (Wildman–Crippen MR) is 134 cm³/mol. The standard InChI is InChI=1S/C24H26N6O6S/c1-4-36-18-10-5-7-14(27-18)22-29-21-23(30(22)19-16(34-2)8-6-9-17(19)35-3)26-13-15(28-21)20(37(25,32)33)24(31)11-12-24/h5-10,13,20,31H,4,11-12H2,1-3H3,(H2,25,32,33). The number of pyridine rings is 1. The molecule has 3 N–H and O–H groups in total. The number of imidazole rings is 1. The molecule has 1 aliphatic rings. The zero-order chi connectivity index (χ0) is 26.4. The maximum absolute atomic E-state index is 12.4. The second-order valence-electron chi connectivity index (χ2n) is 8.59. The van der Waals surface area contributed by atoms with E-state index < -0.39 is 20.9 Å². The lowest BCUT2D eigenvalue weighted by Gasteiger charge is -2.19. The van der Waals surface area contributed by atoms with Gasteiger partial charge < -0.3 is 19.3 Å². The summed E-state index contributed by atoms with van der Waals surface area (Å²) in [5, 5.41) is 14.7. The van der Waals surface area contributed by atoms with Crippen molar-refractivity contribution in [3.63, 3.8) is 0 Å². The highest BCUT2D eigenvalue weighted by atomic mass is 32.2. The van der Waals surface area contributed by atoms with Crippen molar-refractivity contribution >= 4 is 21.3 Å². The fourth-order valence-corrected chi connectivity index (χ4v) is 5.64. The molecule has 5 rings (SSSR count). The number of fused-ring (bicyclic) bond motifs is 1. The van der Waals surface area contributed by atoms with Gasteiger partial charge in [-0.2, -0.15) is 0 Å². The molecule has 1 atom stereocenters. The Balaban J connectivity index is 1.80. The zero-order valence-electron chi connectivity index (χ0n) is 20.5. The van der Waals surface area contributed by atoms with Crippen LogP contribution in [0.1, 0.15) is 30.7 Å². The van der Waals surface area contributed by atoms with Gasteiger partial charge in [-0.15, -0.1) is 0 Å². The number of nitrogens with two attached hydrogens (primary N) is 1. The average Bonchev–Trinajstić information content (AvgIpc) is 3.49. The topological polar surface area (TPSA) is 165 Å². The van der Waals surface area contributed by atoms with Gasteiger partial charge >= 0.3 is 0 Å². The van der Waals surface area contributed by atoms with E-state index in [2.05, 4.69) is 19.9 Å². The number of hydrogen-bond acceptors (Lipinski definition) is 10. The second-order valence-corrected chi connectivity index (χ2v) is 10.2. The number of nitrogens with zero attached hydrogens (tertiary/aromatic N) is 5. The smallest absolute Gasteiger partial charge is 0.220 e. The van der Waals surface area contributed by atoms with Gasteiger partial charge in [-0.05, 0) is 38.0 Å². The molecular weight excluding hydrogens is 500 g/mol. The van der Waals surface area contributed by atoms with Crippen molar-refractivity contribution < 1.29 is 27.7 Å². The van der Waals surface area contributed by atoms with E-state index in [4.69, 9.17) is 19.3 Å². The van der Waals surface area contributed by atoms with Crippen molar-refractivity contribution in [3.05, 3.63) is 48.3 Å². The summed E-state index contributed by atoms with van der Waals surface area (Å²) in [4.78, 5) is 18.3. The highest BCUT2D eigenvalue weighted by Gasteiger charge is 2.54. The Hall–Kier alpha value is -3.81. The van der Waals surface area contributed by atoms with Gasteiger partial charge in [0.1, 0.15) is 28.1 Å². The van der Waals surface area contributed by atoms with Gasteiger partial charge in [0.2, 0.25) is 15.9 Å². The third-order valence-electron chi connectivity index (χ3n) is 6.11. The van der Waals surface area contributed by atoms with Crippen LogP contribution in [0.2, 0.25) is 0 Å². The quantitative estimate of drug-likeness (QED) is 0.330. The number of ether oxygens (including phenoxy) is 3. The van der Waals surface area contributed by atoms with Gasteiger partial charge in [-0.1, -0.05) is 12.1 Å². The third kappa shape index (κ3) is 4.45. The normalized spacial score (nSPS) is 15.4. The highest BCUT2D eigenvalue weighted by molar-refractivity contribution is 7.89. The summed E-state index contributed by atoms with van der Waals surface area (Å²) in [5.41, 5.74) is -0.110. The van der Waals surface area contributed by atoms with E-state index in [1.807, 2.05) is 6.92 Å². The number of aliphatic hydroxyl groups is 1. The van der Waals surface area contributed by atoms with Crippen molar-refractivity contribution in [1.82, 2.24) is 24.5 Å². The molecule has 1 fully saturated rings. The van der Waals surface area contributed by atoms with Crippen LogP contribution in [-0.4, -0.2) is 64.5 Å². The van der Waals surface area contributed by atoms with Gasteiger partial charge in [0.15, 0.2) is 17.1 Å². The molecule has 0 spiro atoms. The molecule has 13 heteroatoms. The third-order valence-corrected chi connectivity index (χ3v) is 7.44. The Kier molecular flexibility index (Phi) is 6.22. The van der Waals surface area contributed by atoms with Crippen LogP contribution in [0.25, 0.3) is 28.5 Å². The van der Waals surface area contributed by atoms with Crippen LogP contribution >= 0.6 is 0 Å². The lowest BCUT2D eigenvalue weighted by molar-refractivity contribution is 0.142. The summed E-state index contributed by atoms with van der Waals surface area (Å²) in [6, 6.07) is 10.6. The summed E-state index contributed by atoms with van der Waals surface area (Å²) >= 11 is 0. The Bertz CT molecular complexity index is 1560. The molecule has 194 valence electrons. The molecule has 4 aromatic rings. The molecule has 1 unspecified atom stereocenters. The van der Waals surface area contributed by atoms with Crippen LogP contribution in [0, 0.1) is 0 Å². The van der Waals surface area contributed by atoms with Gasteiger partial charge in [-0.3, -0.25) is 4.57 Å². The first-order valence-corrected chi connectivity index (χ1v) is 13.1. The number of primary sulfonamides is 1. The maximum Gasteiger partial charge on any atom is 0.220 e. The summed E-state index contributed by atoms with van der Waals surface area (Å²) in [6.45, 7) is 2.28. The van der Waals surface area contributed by atoms with E-state index in [0.29, 0.717) is 59.7 Å². The Morgan fingerprint density at radius 2 is 1.76 bits per heavy atom. The molecule has 1 aromatic carbocycles. The molecule has 0 bridgehead atoms. The van der Waals surface area contributed by atoms with Crippen molar-refractivity contribution in [2.75, 3.05) is 20.8 Å². The predicted octanol–water partition coefficient (Wildman–Crippen LogP) is 2.15. The van der Waals surface area contributed by atoms with Crippen LogP contribution in [0.4, 0.5) is 0 Å². The van der Waals surface area contributed by atoms with E-state index >= 15 is 0 Å². The molecule has 0 radical (unpaired) electrons. The number of hydrogen-bond donors (Lipinski definition) is 2. The van der Waals surface area contributed by atoms with Gasteiger partial charge in [0.25, 0.3) is 0 Å². The number of para-hydroxylation sites is 1. The van der Waals surface area contributed by atoms with E-state index in [-0.39, 0.29) is 11.3 Å². The second kappa shape index (κ2) is 9.25. The molecule has 0 amide bonds. The minimum atomic E-state index is -4.18. The van der Waals surface area contributed by atoms with Crippen LogP contribution < -0.4 is 19.3 Å². The highest BCUT2D eigenvalue weighted by Crippen LogP contribution is 2.49. The zero-order valence-corrected chi connectivity index (χ0v) is 21.3. The first-order chi connectivity index (χ1) is 17.7. The van der Waals surface area contributed by atoms with Gasteiger partial charge in [-0.25, -0.2) is 33.5 Å². The van der Waals surface area contributed by atoms with Gasteiger partial charge in [0, 0.05) is 6.07 Å². The monoisotopic (exact) mass is 526 g/mol. The summed E-state index contributed by atoms with van der Waals surface area (Å²) in [6.07, 6.45) is 1.88. The Morgan fingerprint density at radius 1 is 1.08 bits per heavy atom. The van der Waals surface area contributed by atoms with Crippen LogP contribution in [-0.2, 0) is 10.0 Å². The van der Waals surface area contributed by atoms with Crippen LogP contribution in [0.15, 0.2) is 42.6 Å². The molecule has 1 saturated carbocycles. The molecule has 1 aliphatic carbocycles. The number of benzene rings is 1. The largest absolute Gasteiger partial charge is 0.494 e. The average molecular weight is 527 g/mol. The Labute approximate surface area is 213 Å². The van der Waals surface area contributed by atoms with E-state index in [9.17, 15) is 13.5 Å². The SMILES string of the molecule is CCOc1cccc(-c2nc3nc(C(C4(O)CC4)S(N)(=O)=O)cnc3n2-c2c(OC)cccc2OC)n1. The first kappa shape index (κ1) is 24.9. The van der Waals surface area contributed by atoms with Crippen molar-refractivity contribution in [1.29, 1.82) is 0 Å². The van der Waals surface area contributed by atoms with Crippen molar-refractivity contribution in [3.8, 4) is 34.6 Å². The molecule has 3 aromatic heterocycles. The number of sulfonamides is 1. The van der Waals surface area contributed by atoms with Crippen molar-refractivity contribution in [2.24, 2.45) is 5.14 Å². The lowest BCUT2D eigenvalue weighted by Crippen LogP contribution is -2.33. The van der Waals surface area contributed by atoms with E-state index in [1.54, 1.807) is 41.0 Å². The minimum Gasteiger partial charge on any atom is -0.494 e. The minimum absolute atomic E-state index is 0.00854. The lowest BCUT2D eigenvalue weighted by atomic mass is 10.2. The molecule has 0 saturated heterocycles. The molecule has 37 heavy (non-hydrogen) atoms. The van der Waals surface area contributed by atoms with E-state index in [0.717, 1.165) is 0 Å². The molecule has 3 heterocycles. The number of aromatic nitrogens is 5. The van der Waals surface area contributed by atoms with Crippen LogP contribution in [0.3, 0.4) is 0 Å². The van der Waals surface area contributed by atoms with Gasteiger partial charge in [0.05, 0.1) is 38.3 Å². The van der Waals surface area contributed by atoms with E-state index in [1.165, 1.54) is 20.4 Å². The van der Waals surface area contributed by atoms with Crippen molar-refractivity contribution in [2.45, 2.75) is 30.6 Å². The molecule has 12 nitrogen and oxygen atoms in total. The summed E-state index contributed by atoms with van der Waals surface area (Å²) in [7, 11) is -1.12. The first-order valence-electron chi connectivity index (χ1n) is 11.5. The maximum atomic E-state index is 12.4. The Morgan fingerprint density at radius 3 is 2.35 bits per heavy atom. The molecule has 0 aliphatic heterocycles. The number of methoxy groups -OCH3 is 2. The van der Waals surface area contributed by atoms with Crippen LogP contribution in [0.5, 0.6) is 17.4 Å². The summed E-state index contributed by atoms with van der Waals surface area (Å²) < 4.78 is 43.3. The molecular formula is C24H26N6O6S. The fraction of sp³-hybridized carbons (Fsp3) is 0.333. The summed E-state index contributed by atoms with van der Waals surface area (Å²) in [5.74, 6) is 1.69.